The number of amides is 1. The van der Waals surface area contributed by atoms with Crippen molar-refractivity contribution in [2.24, 2.45) is 0 Å². The van der Waals surface area contributed by atoms with Crippen LogP contribution in [0, 0.1) is 5.82 Å². The van der Waals surface area contributed by atoms with Crippen LogP contribution in [0.2, 0.25) is 0 Å². The molecule has 0 aliphatic heterocycles. The Balaban J connectivity index is 2.01. The highest BCUT2D eigenvalue weighted by Gasteiger charge is 2.24. The van der Waals surface area contributed by atoms with E-state index in [-0.39, 0.29) is 11.9 Å². The molecular formula is C16H21FN4O3. The SMILES string of the molecule is C[C@@H](Cc1noc(-c2ccc(F)cn2)n1)N(C)C(=O)OC(C)(C)C. The molecule has 130 valence electrons. The Morgan fingerprint density at radius 2 is 2.12 bits per heavy atom. The molecule has 8 heteroatoms. The maximum Gasteiger partial charge on any atom is 0.410 e. The molecule has 2 heterocycles. The van der Waals surface area contributed by atoms with E-state index in [1.807, 2.05) is 27.7 Å². The number of hydrogen-bond acceptors (Lipinski definition) is 6. The number of halogens is 1. The van der Waals surface area contributed by atoms with Crippen molar-refractivity contribution in [3.05, 3.63) is 30.0 Å². The van der Waals surface area contributed by atoms with Crippen LogP contribution in [0.25, 0.3) is 11.6 Å². The van der Waals surface area contributed by atoms with Gasteiger partial charge in [0.05, 0.1) is 6.20 Å². The highest BCUT2D eigenvalue weighted by Crippen LogP contribution is 2.16. The zero-order valence-electron chi connectivity index (χ0n) is 14.4. The van der Waals surface area contributed by atoms with Crippen LogP contribution in [0.3, 0.4) is 0 Å². The fraction of sp³-hybridized carbons (Fsp3) is 0.500. The summed E-state index contributed by atoms with van der Waals surface area (Å²) < 4.78 is 23.3. The molecule has 1 atom stereocenters. The number of ether oxygens (including phenoxy) is 1. The predicted octanol–water partition coefficient (Wildman–Crippen LogP) is 3.07. The molecule has 0 fully saturated rings. The highest BCUT2D eigenvalue weighted by molar-refractivity contribution is 5.68. The van der Waals surface area contributed by atoms with Gasteiger partial charge in [0.25, 0.3) is 5.89 Å². The van der Waals surface area contributed by atoms with E-state index in [1.165, 1.54) is 17.0 Å². The minimum Gasteiger partial charge on any atom is -0.444 e. The van der Waals surface area contributed by atoms with Gasteiger partial charge in [0, 0.05) is 19.5 Å². The molecule has 2 aromatic rings. The summed E-state index contributed by atoms with van der Waals surface area (Å²) in [5.74, 6) is 0.197. The second kappa shape index (κ2) is 6.94. The Morgan fingerprint density at radius 1 is 1.42 bits per heavy atom. The summed E-state index contributed by atoms with van der Waals surface area (Å²) in [6.45, 7) is 7.29. The molecule has 0 unspecified atom stereocenters. The molecule has 2 aromatic heterocycles. The summed E-state index contributed by atoms with van der Waals surface area (Å²) in [5.41, 5.74) is -0.165. The summed E-state index contributed by atoms with van der Waals surface area (Å²) in [4.78, 5) is 21.6. The van der Waals surface area contributed by atoms with Crippen molar-refractivity contribution >= 4 is 6.09 Å². The standard InChI is InChI=1S/C16H21FN4O3/c1-10(21(5)15(22)23-16(2,3)4)8-13-19-14(24-20-13)12-7-6-11(17)9-18-12/h6-7,9-10H,8H2,1-5H3/t10-/m0/s1. The van der Waals surface area contributed by atoms with Gasteiger partial charge in [-0.2, -0.15) is 4.98 Å². The van der Waals surface area contributed by atoms with Crippen molar-refractivity contribution in [2.45, 2.75) is 45.8 Å². The summed E-state index contributed by atoms with van der Waals surface area (Å²) in [6, 6.07) is 2.54. The molecule has 24 heavy (non-hydrogen) atoms. The molecular weight excluding hydrogens is 315 g/mol. The Hall–Kier alpha value is -2.51. The lowest BCUT2D eigenvalue weighted by atomic mass is 10.2. The Kier molecular flexibility index (Phi) is 5.16. The van der Waals surface area contributed by atoms with Gasteiger partial charge < -0.3 is 14.2 Å². The summed E-state index contributed by atoms with van der Waals surface area (Å²) >= 11 is 0. The van der Waals surface area contributed by atoms with E-state index in [0.717, 1.165) is 6.20 Å². The van der Waals surface area contributed by atoms with Gasteiger partial charge in [-0.05, 0) is 39.8 Å². The molecule has 1 amide bonds. The Labute approximate surface area is 139 Å². The van der Waals surface area contributed by atoms with Gasteiger partial charge >= 0.3 is 6.09 Å². The number of rotatable bonds is 4. The quantitative estimate of drug-likeness (QED) is 0.853. The third kappa shape index (κ3) is 4.74. The van der Waals surface area contributed by atoms with Crippen molar-refractivity contribution < 1.29 is 18.4 Å². The van der Waals surface area contributed by atoms with Crippen molar-refractivity contribution in [3.63, 3.8) is 0 Å². The predicted molar refractivity (Wildman–Crippen MR) is 84.7 cm³/mol. The second-order valence-corrected chi connectivity index (χ2v) is 6.52. The monoisotopic (exact) mass is 336 g/mol. The van der Waals surface area contributed by atoms with Gasteiger partial charge in [0.1, 0.15) is 17.1 Å². The van der Waals surface area contributed by atoms with Crippen LogP contribution in [0.15, 0.2) is 22.9 Å². The fourth-order valence-corrected chi connectivity index (χ4v) is 1.86. The summed E-state index contributed by atoms with van der Waals surface area (Å²) in [6.07, 6.45) is 1.05. The Bertz CT molecular complexity index is 694. The minimum absolute atomic E-state index is 0.188. The van der Waals surface area contributed by atoms with Gasteiger partial charge in [-0.15, -0.1) is 0 Å². The first-order chi connectivity index (χ1) is 11.2. The van der Waals surface area contributed by atoms with Crippen LogP contribution in [0.1, 0.15) is 33.5 Å². The Morgan fingerprint density at radius 3 is 2.71 bits per heavy atom. The zero-order chi connectivity index (χ0) is 17.9. The van der Waals surface area contributed by atoms with Crippen LogP contribution in [-0.4, -0.2) is 44.8 Å². The third-order valence-electron chi connectivity index (χ3n) is 3.24. The van der Waals surface area contributed by atoms with Crippen molar-refractivity contribution in [1.82, 2.24) is 20.0 Å². The van der Waals surface area contributed by atoms with E-state index in [0.29, 0.717) is 17.9 Å². The smallest absolute Gasteiger partial charge is 0.410 e. The molecule has 0 saturated heterocycles. The van der Waals surface area contributed by atoms with E-state index in [4.69, 9.17) is 9.26 Å². The molecule has 0 saturated carbocycles. The molecule has 0 bridgehead atoms. The lowest BCUT2D eigenvalue weighted by Crippen LogP contribution is -2.40. The van der Waals surface area contributed by atoms with Crippen molar-refractivity contribution in [3.8, 4) is 11.6 Å². The van der Waals surface area contributed by atoms with Crippen LogP contribution >= 0.6 is 0 Å². The highest BCUT2D eigenvalue weighted by atomic mass is 19.1. The van der Waals surface area contributed by atoms with E-state index in [9.17, 15) is 9.18 Å². The van der Waals surface area contributed by atoms with Crippen LogP contribution < -0.4 is 0 Å². The largest absolute Gasteiger partial charge is 0.444 e. The average Bonchev–Trinajstić information content (AvgIpc) is 2.93. The van der Waals surface area contributed by atoms with Gasteiger partial charge in [-0.3, -0.25) is 0 Å². The normalized spacial score (nSPS) is 12.8. The number of nitrogens with zero attached hydrogens (tertiary/aromatic N) is 4. The fourth-order valence-electron chi connectivity index (χ4n) is 1.86. The molecule has 2 rings (SSSR count). The average molecular weight is 336 g/mol. The van der Waals surface area contributed by atoms with Crippen LogP contribution in [-0.2, 0) is 11.2 Å². The van der Waals surface area contributed by atoms with E-state index in [2.05, 4.69) is 15.1 Å². The lowest BCUT2D eigenvalue weighted by Gasteiger charge is -2.28. The third-order valence-corrected chi connectivity index (χ3v) is 3.24. The number of carbonyl (C=O) groups excluding carboxylic acids is 1. The van der Waals surface area contributed by atoms with Gasteiger partial charge in [-0.1, -0.05) is 5.16 Å². The van der Waals surface area contributed by atoms with Crippen molar-refractivity contribution in [2.75, 3.05) is 7.05 Å². The van der Waals surface area contributed by atoms with Crippen LogP contribution in [0.4, 0.5) is 9.18 Å². The van der Waals surface area contributed by atoms with Gasteiger partial charge in [0.15, 0.2) is 5.82 Å². The number of carbonyl (C=O) groups is 1. The topological polar surface area (TPSA) is 81.4 Å². The molecule has 0 aliphatic rings. The number of hydrogen-bond donors (Lipinski definition) is 0. The first-order valence-electron chi connectivity index (χ1n) is 7.56. The summed E-state index contributed by atoms with van der Waals surface area (Å²) in [5, 5.41) is 3.87. The van der Waals surface area contributed by atoms with E-state index in [1.54, 1.807) is 7.05 Å². The molecule has 0 radical (unpaired) electrons. The second-order valence-electron chi connectivity index (χ2n) is 6.52. The van der Waals surface area contributed by atoms with Gasteiger partial charge in [0.2, 0.25) is 0 Å². The number of pyridine rings is 1. The first-order valence-corrected chi connectivity index (χ1v) is 7.56. The molecule has 0 aromatic carbocycles. The maximum absolute atomic E-state index is 12.9. The maximum atomic E-state index is 12.9. The minimum atomic E-state index is -0.557. The first kappa shape index (κ1) is 17.8. The molecule has 0 N–H and O–H groups in total. The van der Waals surface area contributed by atoms with Crippen LogP contribution in [0.5, 0.6) is 0 Å². The van der Waals surface area contributed by atoms with Gasteiger partial charge in [-0.25, -0.2) is 14.2 Å². The van der Waals surface area contributed by atoms with E-state index < -0.39 is 17.5 Å². The summed E-state index contributed by atoms with van der Waals surface area (Å²) in [7, 11) is 1.65. The molecule has 0 spiro atoms. The zero-order valence-corrected chi connectivity index (χ0v) is 14.4. The molecule has 7 nitrogen and oxygen atoms in total. The lowest BCUT2D eigenvalue weighted by molar-refractivity contribution is 0.0234. The number of likely N-dealkylation sites (N-methyl/N-ethyl adjacent to an activating group) is 1. The number of aromatic nitrogens is 3. The molecule has 0 aliphatic carbocycles. The van der Waals surface area contributed by atoms with E-state index >= 15 is 0 Å². The van der Waals surface area contributed by atoms with Crippen molar-refractivity contribution in [1.29, 1.82) is 0 Å².